The van der Waals surface area contributed by atoms with Gasteiger partial charge >= 0.3 is 0 Å². The number of halogens is 1. The van der Waals surface area contributed by atoms with E-state index in [0.717, 1.165) is 58.2 Å². The molecule has 1 fully saturated rings. The molecule has 25 heavy (non-hydrogen) atoms. The standard InChI is InChI=1S/C19H33N5.HI/c1-3-20-19(21-4-2)22-11-8-12-23-13-15-24(16-14-23)17-18-9-6-5-7-10-18;/h5-7,9-10H,3-4,8,11-17H2,1-2H3,(H2,20,21,22);1H. The SMILES string of the molecule is CCNC(=NCCCN1CCN(Cc2ccccc2)CC1)NCC.I. The Morgan fingerprint density at radius 2 is 1.56 bits per heavy atom. The minimum atomic E-state index is 0. The Labute approximate surface area is 170 Å². The fourth-order valence-corrected chi connectivity index (χ4v) is 3.01. The van der Waals surface area contributed by atoms with Crippen molar-refractivity contribution >= 4 is 29.9 Å². The second-order valence-electron chi connectivity index (χ2n) is 6.25. The van der Waals surface area contributed by atoms with E-state index in [0.29, 0.717) is 0 Å². The predicted molar refractivity (Wildman–Crippen MR) is 118 cm³/mol. The zero-order chi connectivity index (χ0) is 17.0. The summed E-state index contributed by atoms with van der Waals surface area (Å²) in [7, 11) is 0. The summed E-state index contributed by atoms with van der Waals surface area (Å²) in [5.74, 6) is 0.938. The Morgan fingerprint density at radius 3 is 2.16 bits per heavy atom. The van der Waals surface area contributed by atoms with E-state index in [4.69, 9.17) is 0 Å². The van der Waals surface area contributed by atoms with E-state index >= 15 is 0 Å². The molecular weight excluding hydrogens is 425 g/mol. The van der Waals surface area contributed by atoms with Gasteiger partial charge in [0, 0.05) is 58.9 Å². The van der Waals surface area contributed by atoms with Crippen molar-refractivity contribution in [1.29, 1.82) is 0 Å². The number of hydrogen-bond acceptors (Lipinski definition) is 3. The Morgan fingerprint density at radius 1 is 0.960 bits per heavy atom. The summed E-state index contributed by atoms with van der Waals surface area (Å²) in [5.41, 5.74) is 1.42. The van der Waals surface area contributed by atoms with Gasteiger partial charge in [-0.15, -0.1) is 24.0 Å². The molecule has 0 saturated carbocycles. The minimum Gasteiger partial charge on any atom is -0.357 e. The number of nitrogens with one attached hydrogen (secondary N) is 2. The molecule has 2 N–H and O–H groups in total. The highest BCUT2D eigenvalue weighted by Gasteiger charge is 2.16. The van der Waals surface area contributed by atoms with Crippen molar-refractivity contribution in [3.63, 3.8) is 0 Å². The minimum absolute atomic E-state index is 0. The number of nitrogens with zero attached hydrogens (tertiary/aromatic N) is 3. The van der Waals surface area contributed by atoms with Crippen molar-refractivity contribution in [1.82, 2.24) is 20.4 Å². The first-order valence-electron chi connectivity index (χ1n) is 9.32. The molecule has 2 rings (SSSR count). The van der Waals surface area contributed by atoms with Gasteiger partial charge in [0.1, 0.15) is 0 Å². The quantitative estimate of drug-likeness (QED) is 0.271. The van der Waals surface area contributed by atoms with Crippen molar-refractivity contribution < 1.29 is 0 Å². The van der Waals surface area contributed by atoms with Gasteiger partial charge in [-0.1, -0.05) is 30.3 Å². The summed E-state index contributed by atoms with van der Waals surface area (Å²) >= 11 is 0. The Bertz CT molecular complexity index is 464. The molecule has 0 bridgehead atoms. The van der Waals surface area contributed by atoms with Crippen LogP contribution in [0.4, 0.5) is 0 Å². The topological polar surface area (TPSA) is 42.9 Å². The van der Waals surface area contributed by atoms with Gasteiger partial charge in [0.25, 0.3) is 0 Å². The van der Waals surface area contributed by atoms with Gasteiger partial charge in [0.05, 0.1) is 0 Å². The van der Waals surface area contributed by atoms with Crippen molar-refractivity contribution in [2.75, 3.05) is 52.4 Å². The summed E-state index contributed by atoms with van der Waals surface area (Å²) in [5, 5.41) is 6.54. The van der Waals surface area contributed by atoms with Crippen LogP contribution in [0.3, 0.4) is 0 Å². The van der Waals surface area contributed by atoms with Crippen molar-refractivity contribution in [2.45, 2.75) is 26.8 Å². The lowest BCUT2D eigenvalue weighted by atomic mass is 10.2. The van der Waals surface area contributed by atoms with Gasteiger partial charge in [-0.25, -0.2) is 0 Å². The second kappa shape index (κ2) is 13.4. The highest BCUT2D eigenvalue weighted by atomic mass is 127. The highest BCUT2D eigenvalue weighted by molar-refractivity contribution is 14.0. The summed E-state index contributed by atoms with van der Waals surface area (Å²) < 4.78 is 0. The van der Waals surface area contributed by atoms with Crippen LogP contribution in [0.5, 0.6) is 0 Å². The average Bonchev–Trinajstić information content (AvgIpc) is 2.61. The number of hydrogen-bond donors (Lipinski definition) is 2. The van der Waals surface area contributed by atoms with Crippen LogP contribution in [-0.2, 0) is 6.54 Å². The lowest BCUT2D eigenvalue weighted by molar-refractivity contribution is 0.127. The predicted octanol–water partition coefficient (Wildman–Crippen LogP) is 2.39. The number of guanidine groups is 1. The number of rotatable bonds is 8. The fraction of sp³-hybridized carbons (Fsp3) is 0.632. The third-order valence-electron chi connectivity index (χ3n) is 4.30. The lowest BCUT2D eigenvalue weighted by Gasteiger charge is -2.34. The molecule has 142 valence electrons. The van der Waals surface area contributed by atoms with Crippen LogP contribution in [0.1, 0.15) is 25.8 Å². The van der Waals surface area contributed by atoms with Crippen molar-refractivity contribution in [3.05, 3.63) is 35.9 Å². The zero-order valence-corrected chi connectivity index (χ0v) is 18.0. The van der Waals surface area contributed by atoms with Crippen LogP contribution >= 0.6 is 24.0 Å². The van der Waals surface area contributed by atoms with Gasteiger partial charge in [-0.2, -0.15) is 0 Å². The summed E-state index contributed by atoms with van der Waals surface area (Å²) in [4.78, 5) is 9.74. The first-order valence-corrected chi connectivity index (χ1v) is 9.32. The molecule has 1 saturated heterocycles. The molecule has 0 atom stereocenters. The van der Waals surface area contributed by atoms with Gasteiger partial charge in [-0.3, -0.25) is 9.89 Å². The van der Waals surface area contributed by atoms with Crippen molar-refractivity contribution in [3.8, 4) is 0 Å². The molecule has 0 spiro atoms. The van der Waals surface area contributed by atoms with Gasteiger partial charge in [0.2, 0.25) is 0 Å². The van der Waals surface area contributed by atoms with Gasteiger partial charge in [-0.05, 0) is 25.8 Å². The van der Waals surface area contributed by atoms with E-state index in [9.17, 15) is 0 Å². The number of aliphatic imine (C=N–C) groups is 1. The van der Waals surface area contributed by atoms with Crippen molar-refractivity contribution in [2.24, 2.45) is 4.99 Å². The van der Waals surface area contributed by atoms with E-state index in [1.165, 1.54) is 18.7 Å². The smallest absolute Gasteiger partial charge is 0.191 e. The van der Waals surface area contributed by atoms with E-state index in [1.807, 2.05) is 0 Å². The molecule has 1 aliphatic heterocycles. The second-order valence-corrected chi connectivity index (χ2v) is 6.25. The lowest BCUT2D eigenvalue weighted by Crippen LogP contribution is -2.46. The average molecular weight is 459 g/mol. The normalized spacial score (nSPS) is 15.3. The first kappa shape index (κ1) is 22.2. The van der Waals surface area contributed by atoms with Crippen LogP contribution < -0.4 is 10.6 Å². The van der Waals surface area contributed by atoms with Crippen LogP contribution in [0.15, 0.2) is 35.3 Å². The molecule has 0 aromatic heterocycles. The monoisotopic (exact) mass is 459 g/mol. The third-order valence-corrected chi connectivity index (χ3v) is 4.30. The zero-order valence-electron chi connectivity index (χ0n) is 15.7. The van der Waals surface area contributed by atoms with Gasteiger partial charge < -0.3 is 15.5 Å². The molecule has 0 unspecified atom stereocenters. The van der Waals surface area contributed by atoms with Crippen LogP contribution in [0.25, 0.3) is 0 Å². The van der Waals surface area contributed by atoms with Gasteiger partial charge in [0.15, 0.2) is 5.96 Å². The van der Waals surface area contributed by atoms with E-state index in [-0.39, 0.29) is 24.0 Å². The Kier molecular flexibility index (Phi) is 11.9. The molecule has 1 heterocycles. The number of piperazine rings is 1. The molecule has 1 aromatic rings. The Balaban J connectivity index is 0.00000312. The molecular formula is C19H34IN5. The molecule has 1 aromatic carbocycles. The molecule has 6 heteroatoms. The summed E-state index contributed by atoms with van der Waals surface area (Å²) in [6.45, 7) is 13.8. The van der Waals surface area contributed by atoms with Crippen LogP contribution in [-0.4, -0.2) is 68.1 Å². The molecule has 0 radical (unpaired) electrons. The Hall–Kier alpha value is -0.860. The maximum atomic E-state index is 4.62. The van der Waals surface area contributed by atoms with E-state index < -0.39 is 0 Å². The molecule has 0 aliphatic carbocycles. The third kappa shape index (κ3) is 8.87. The maximum Gasteiger partial charge on any atom is 0.191 e. The first-order chi connectivity index (χ1) is 11.8. The summed E-state index contributed by atoms with van der Waals surface area (Å²) in [6, 6.07) is 10.8. The van der Waals surface area contributed by atoms with Crippen LogP contribution in [0, 0.1) is 0 Å². The van der Waals surface area contributed by atoms with Crippen LogP contribution in [0.2, 0.25) is 0 Å². The maximum absolute atomic E-state index is 4.62. The fourth-order valence-electron chi connectivity index (χ4n) is 3.01. The largest absolute Gasteiger partial charge is 0.357 e. The summed E-state index contributed by atoms with van der Waals surface area (Å²) in [6.07, 6.45) is 1.12. The molecule has 5 nitrogen and oxygen atoms in total. The molecule has 1 aliphatic rings. The molecule has 0 amide bonds. The number of benzene rings is 1. The highest BCUT2D eigenvalue weighted by Crippen LogP contribution is 2.08. The van der Waals surface area contributed by atoms with E-state index in [2.05, 4.69) is 69.6 Å². The van der Waals surface area contributed by atoms with E-state index in [1.54, 1.807) is 0 Å².